The lowest BCUT2D eigenvalue weighted by Crippen LogP contribution is -2.09. The van der Waals surface area contributed by atoms with Gasteiger partial charge in [-0.3, -0.25) is 9.79 Å². The maximum atomic E-state index is 11.2. The van der Waals surface area contributed by atoms with Crippen LogP contribution in [0.25, 0.3) is 0 Å². The molecule has 28 heavy (non-hydrogen) atoms. The van der Waals surface area contributed by atoms with Crippen molar-refractivity contribution in [3.63, 3.8) is 0 Å². The molecule has 0 heterocycles. The number of carbonyl (C=O) groups is 1. The SMILES string of the molecule is C=C(N=CC)C(Cc1ccc(C(C)C(=O)O)cc1)c1cccc(C)c1C.CC. The predicted molar refractivity (Wildman–Crippen MR) is 120 cm³/mol. The molecule has 2 aromatic rings. The van der Waals surface area contributed by atoms with Crippen LogP contribution in [0.2, 0.25) is 0 Å². The van der Waals surface area contributed by atoms with Crippen molar-refractivity contribution in [3.05, 3.63) is 82.6 Å². The minimum absolute atomic E-state index is 0.0915. The second kappa shape index (κ2) is 11.2. The lowest BCUT2D eigenvalue weighted by Gasteiger charge is -2.21. The number of hydrogen-bond donors (Lipinski definition) is 1. The van der Waals surface area contributed by atoms with Gasteiger partial charge < -0.3 is 5.11 Å². The van der Waals surface area contributed by atoms with E-state index in [0.29, 0.717) is 0 Å². The summed E-state index contributed by atoms with van der Waals surface area (Å²) in [6, 6.07) is 14.2. The van der Waals surface area contributed by atoms with E-state index in [9.17, 15) is 4.79 Å². The van der Waals surface area contributed by atoms with Crippen LogP contribution in [-0.2, 0) is 11.2 Å². The molecule has 0 aliphatic heterocycles. The van der Waals surface area contributed by atoms with E-state index in [4.69, 9.17) is 5.11 Å². The van der Waals surface area contributed by atoms with Gasteiger partial charge in [-0.1, -0.05) is 62.9 Å². The molecule has 2 rings (SSSR count). The Morgan fingerprint density at radius 3 is 2.29 bits per heavy atom. The molecule has 2 atom stereocenters. The Labute approximate surface area is 169 Å². The van der Waals surface area contributed by atoms with Gasteiger partial charge in [-0.15, -0.1) is 0 Å². The third kappa shape index (κ3) is 5.91. The largest absolute Gasteiger partial charge is 0.481 e. The molecule has 1 N–H and O–H groups in total. The molecular weight excluding hydrogens is 346 g/mol. The molecule has 2 unspecified atom stereocenters. The summed E-state index contributed by atoms with van der Waals surface area (Å²) >= 11 is 0. The summed E-state index contributed by atoms with van der Waals surface area (Å²) < 4.78 is 0. The lowest BCUT2D eigenvalue weighted by molar-refractivity contribution is -0.138. The third-order valence-electron chi connectivity index (χ3n) is 5.01. The summed E-state index contributed by atoms with van der Waals surface area (Å²) in [6.07, 6.45) is 2.56. The Morgan fingerprint density at radius 2 is 1.75 bits per heavy atom. The van der Waals surface area contributed by atoms with Gasteiger partial charge in [0.2, 0.25) is 0 Å². The summed E-state index contributed by atoms with van der Waals surface area (Å²) in [4.78, 5) is 15.6. The highest BCUT2D eigenvalue weighted by molar-refractivity contribution is 5.75. The zero-order valence-corrected chi connectivity index (χ0v) is 18.0. The zero-order chi connectivity index (χ0) is 21.3. The van der Waals surface area contributed by atoms with Crippen LogP contribution in [0.15, 0.2) is 59.7 Å². The highest BCUT2D eigenvalue weighted by Gasteiger charge is 2.19. The number of nitrogens with zero attached hydrogens (tertiary/aromatic N) is 1. The number of aliphatic imine (C=N–C) groups is 1. The van der Waals surface area contributed by atoms with Crippen LogP contribution in [-0.4, -0.2) is 17.3 Å². The molecule has 0 amide bonds. The monoisotopic (exact) mass is 379 g/mol. The van der Waals surface area contributed by atoms with Gasteiger partial charge in [-0.25, -0.2) is 0 Å². The molecule has 0 spiro atoms. The van der Waals surface area contributed by atoms with E-state index in [0.717, 1.165) is 23.2 Å². The first-order chi connectivity index (χ1) is 13.3. The molecule has 150 valence electrons. The maximum absolute atomic E-state index is 11.2. The van der Waals surface area contributed by atoms with Crippen molar-refractivity contribution in [1.82, 2.24) is 0 Å². The molecule has 0 fully saturated rings. The summed E-state index contributed by atoms with van der Waals surface area (Å²) in [5.41, 5.74) is 6.56. The molecule has 0 saturated carbocycles. The van der Waals surface area contributed by atoms with Gasteiger partial charge in [0.05, 0.1) is 5.92 Å². The number of benzene rings is 2. The standard InChI is InChI=1S/C23H27NO2.C2H6/c1-6-24-18(5)22(21-9-7-8-15(2)16(21)3)14-19-10-12-20(13-11-19)17(4)23(25)26;1-2/h6-13,17,22H,5,14H2,1-4H3,(H,25,26);1-2H3. The number of carboxylic acid groups (broad SMARTS) is 1. The molecule has 3 heteroatoms. The van der Waals surface area contributed by atoms with Crippen LogP contribution in [0.1, 0.15) is 67.3 Å². The summed E-state index contributed by atoms with van der Waals surface area (Å²) in [5.74, 6) is -1.22. The fourth-order valence-electron chi connectivity index (χ4n) is 3.14. The van der Waals surface area contributed by atoms with Crippen LogP contribution in [0.3, 0.4) is 0 Å². The smallest absolute Gasteiger partial charge is 0.310 e. The Morgan fingerprint density at radius 1 is 1.14 bits per heavy atom. The average Bonchev–Trinajstić information content (AvgIpc) is 2.70. The van der Waals surface area contributed by atoms with E-state index in [1.807, 2.05) is 45.0 Å². The second-order valence-electron chi connectivity index (χ2n) is 6.73. The van der Waals surface area contributed by atoms with E-state index in [1.54, 1.807) is 13.1 Å². The first-order valence-electron chi connectivity index (χ1n) is 9.90. The van der Waals surface area contributed by atoms with Gasteiger partial charge >= 0.3 is 5.97 Å². The van der Waals surface area contributed by atoms with Crippen molar-refractivity contribution in [1.29, 1.82) is 0 Å². The van der Waals surface area contributed by atoms with Gasteiger partial charge in [0.1, 0.15) is 0 Å². The van der Waals surface area contributed by atoms with Gasteiger partial charge in [0, 0.05) is 17.8 Å². The molecule has 3 nitrogen and oxygen atoms in total. The summed E-state index contributed by atoms with van der Waals surface area (Å²) in [7, 11) is 0. The summed E-state index contributed by atoms with van der Waals surface area (Å²) in [6.45, 7) is 16.0. The van der Waals surface area contributed by atoms with E-state index in [1.165, 1.54) is 16.7 Å². The van der Waals surface area contributed by atoms with Gasteiger partial charge in [-0.2, -0.15) is 0 Å². The van der Waals surface area contributed by atoms with Crippen molar-refractivity contribution in [2.24, 2.45) is 4.99 Å². The maximum Gasteiger partial charge on any atom is 0.310 e. The first-order valence-corrected chi connectivity index (χ1v) is 9.90. The Kier molecular flexibility index (Phi) is 9.37. The number of rotatable bonds is 7. The van der Waals surface area contributed by atoms with Crippen molar-refractivity contribution >= 4 is 12.2 Å². The molecule has 0 saturated heterocycles. The fourth-order valence-corrected chi connectivity index (χ4v) is 3.14. The third-order valence-corrected chi connectivity index (χ3v) is 5.01. The first kappa shape index (κ1) is 23.4. The van der Waals surface area contributed by atoms with Crippen LogP contribution < -0.4 is 0 Å². The lowest BCUT2D eigenvalue weighted by atomic mass is 9.85. The predicted octanol–water partition coefficient (Wildman–Crippen LogP) is 6.45. The van der Waals surface area contributed by atoms with E-state index >= 15 is 0 Å². The van der Waals surface area contributed by atoms with Crippen molar-refractivity contribution in [2.75, 3.05) is 0 Å². The topological polar surface area (TPSA) is 49.7 Å². The molecule has 0 radical (unpaired) electrons. The molecule has 0 aliphatic rings. The highest BCUT2D eigenvalue weighted by atomic mass is 16.4. The normalized spacial score (nSPS) is 12.8. The van der Waals surface area contributed by atoms with Gasteiger partial charge in [0.25, 0.3) is 0 Å². The van der Waals surface area contributed by atoms with E-state index in [2.05, 4.69) is 43.6 Å². The number of aliphatic carboxylic acids is 1. The number of aryl methyl sites for hydroxylation is 1. The second-order valence-corrected chi connectivity index (χ2v) is 6.73. The van der Waals surface area contributed by atoms with Crippen molar-refractivity contribution in [3.8, 4) is 0 Å². The summed E-state index contributed by atoms with van der Waals surface area (Å²) in [5, 5.41) is 9.16. The van der Waals surface area contributed by atoms with Crippen LogP contribution >= 0.6 is 0 Å². The molecular formula is C25H33NO2. The average molecular weight is 380 g/mol. The Hall–Kier alpha value is -2.68. The molecule has 0 bridgehead atoms. The number of carboxylic acids is 1. The quantitative estimate of drug-likeness (QED) is 0.562. The Balaban J connectivity index is 0.00000190. The minimum atomic E-state index is -0.809. The van der Waals surface area contributed by atoms with Crippen LogP contribution in [0.5, 0.6) is 0 Å². The number of hydrogen-bond acceptors (Lipinski definition) is 2. The Bertz CT molecular complexity index is 819. The van der Waals surface area contributed by atoms with Gasteiger partial charge in [-0.05, 0) is 61.9 Å². The fraction of sp³-hybridized carbons (Fsp3) is 0.360. The van der Waals surface area contributed by atoms with E-state index < -0.39 is 11.9 Å². The van der Waals surface area contributed by atoms with Crippen LogP contribution in [0, 0.1) is 13.8 Å². The minimum Gasteiger partial charge on any atom is -0.481 e. The van der Waals surface area contributed by atoms with Crippen LogP contribution in [0.4, 0.5) is 0 Å². The van der Waals surface area contributed by atoms with Gasteiger partial charge in [0.15, 0.2) is 0 Å². The number of allylic oxidation sites excluding steroid dienone is 1. The van der Waals surface area contributed by atoms with Crippen molar-refractivity contribution < 1.29 is 9.90 Å². The van der Waals surface area contributed by atoms with E-state index in [-0.39, 0.29) is 5.92 Å². The van der Waals surface area contributed by atoms with Crippen molar-refractivity contribution in [2.45, 2.75) is 59.8 Å². The highest BCUT2D eigenvalue weighted by Crippen LogP contribution is 2.32. The molecule has 0 aliphatic carbocycles. The zero-order valence-electron chi connectivity index (χ0n) is 18.0. The molecule has 2 aromatic carbocycles. The molecule has 0 aromatic heterocycles.